The van der Waals surface area contributed by atoms with Crippen LogP contribution in [0.2, 0.25) is 0 Å². The lowest BCUT2D eigenvalue weighted by molar-refractivity contribution is -0.118. The fourth-order valence-electron chi connectivity index (χ4n) is 3.93. The maximum absolute atomic E-state index is 13.9. The molecule has 0 fully saturated rings. The number of nitrogens with zero attached hydrogens (tertiary/aromatic N) is 2. The standard InChI is InChI=1S/C22H20BrFN4O2/c1-11-5-4-6-14(9-11)21(29)25-19-18(13-7-8-16(24)15(23)10-13)17-12(2)27-28(3)20(17)26-22(19)30/h4-10,18-19H,1-3H3,(H,25,29)(H,26,30)/t18-,19+/m0/s1. The topological polar surface area (TPSA) is 76.0 Å². The van der Waals surface area contributed by atoms with Crippen LogP contribution >= 0.6 is 15.9 Å². The average molecular weight is 471 g/mol. The van der Waals surface area contributed by atoms with Crippen molar-refractivity contribution in [3.63, 3.8) is 0 Å². The summed E-state index contributed by atoms with van der Waals surface area (Å²) >= 11 is 3.22. The monoisotopic (exact) mass is 470 g/mol. The molecule has 0 bridgehead atoms. The van der Waals surface area contributed by atoms with Gasteiger partial charge in [0.25, 0.3) is 5.91 Å². The van der Waals surface area contributed by atoms with Crippen LogP contribution in [-0.2, 0) is 11.8 Å². The van der Waals surface area contributed by atoms with Crippen LogP contribution in [0, 0.1) is 19.7 Å². The first-order valence-corrected chi connectivity index (χ1v) is 10.2. The van der Waals surface area contributed by atoms with Gasteiger partial charge in [-0.2, -0.15) is 5.10 Å². The molecule has 0 spiro atoms. The van der Waals surface area contributed by atoms with Crippen LogP contribution in [0.25, 0.3) is 0 Å². The summed E-state index contributed by atoms with van der Waals surface area (Å²) in [6, 6.07) is 10.9. The lowest BCUT2D eigenvalue weighted by atomic mass is 9.82. The number of aromatic nitrogens is 2. The van der Waals surface area contributed by atoms with E-state index in [4.69, 9.17) is 0 Å². The van der Waals surface area contributed by atoms with Crippen molar-refractivity contribution >= 4 is 33.6 Å². The van der Waals surface area contributed by atoms with E-state index in [1.54, 1.807) is 42.1 Å². The molecule has 154 valence electrons. The third-order valence-electron chi connectivity index (χ3n) is 5.31. The number of aryl methyl sites for hydroxylation is 3. The predicted octanol–water partition coefficient (Wildman–Crippen LogP) is 3.82. The van der Waals surface area contributed by atoms with Crippen molar-refractivity contribution in [2.24, 2.45) is 7.05 Å². The lowest BCUT2D eigenvalue weighted by Crippen LogP contribution is -2.50. The fraction of sp³-hybridized carbons (Fsp3) is 0.227. The Morgan fingerprint density at radius 1 is 1.23 bits per heavy atom. The van der Waals surface area contributed by atoms with Crippen LogP contribution < -0.4 is 10.6 Å². The molecule has 0 saturated carbocycles. The van der Waals surface area contributed by atoms with Crippen molar-refractivity contribution in [1.29, 1.82) is 0 Å². The quantitative estimate of drug-likeness (QED) is 0.610. The maximum Gasteiger partial charge on any atom is 0.251 e. The Kier molecular flexibility index (Phi) is 5.19. The summed E-state index contributed by atoms with van der Waals surface area (Å²) in [5.74, 6) is -1.05. The number of amides is 2. The second-order valence-corrected chi connectivity index (χ2v) is 8.29. The second-order valence-electron chi connectivity index (χ2n) is 7.43. The molecular formula is C22H20BrFN4O2. The predicted molar refractivity (Wildman–Crippen MR) is 115 cm³/mol. The minimum absolute atomic E-state index is 0.290. The SMILES string of the molecule is Cc1cccc(C(=O)N[C@H]2C(=O)Nc3c(c(C)nn3C)[C@@H]2c2ccc(F)c(Br)c2)c1. The zero-order valence-corrected chi connectivity index (χ0v) is 18.2. The summed E-state index contributed by atoms with van der Waals surface area (Å²) in [6.07, 6.45) is 0. The van der Waals surface area contributed by atoms with E-state index in [9.17, 15) is 14.0 Å². The van der Waals surface area contributed by atoms with Crippen LogP contribution in [0.5, 0.6) is 0 Å². The van der Waals surface area contributed by atoms with Gasteiger partial charge in [-0.05, 0) is 59.6 Å². The minimum atomic E-state index is -0.884. The Labute approximate surface area is 181 Å². The molecule has 0 unspecified atom stereocenters. The summed E-state index contributed by atoms with van der Waals surface area (Å²) in [7, 11) is 1.75. The van der Waals surface area contributed by atoms with Gasteiger partial charge >= 0.3 is 0 Å². The van der Waals surface area contributed by atoms with Crippen molar-refractivity contribution in [3.8, 4) is 0 Å². The summed E-state index contributed by atoms with van der Waals surface area (Å²) in [6.45, 7) is 3.75. The highest BCUT2D eigenvalue weighted by molar-refractivity contribution is 9.10. The summed E-state index contributed by atoms with van der Waals surface area (Å²) < 4.78 is 15.8. The zero-order valence-electron chi connectivity index (χ0n) is 16.7. The molecule has 1 aliphatic heterocycles. The largest absolute Gasteiger partial charge is 0.339 e. The smallest absolute Gasteiger partial charge is 0.251 e. The average Bonchev–Trinajstić information content (AvgIpc) is 2.98. The molecule has 1 aliphatic rings. The third kappa shape index (κ3) is 3.52. The Hall–Kier alpha value is -3.00. The Balaban J connectivity index is 1.80. The molecule has 8 heteroatoms. The maximum atomic E-state index is 13.9. The second kappa shape index (κ2) is 7.68. The summed E-state index contributed by atoms with van der Waals surface area (Å²) in [4.78, 5) is 26.0. The van der Waals surface area contributed by atoms with Crippen molar-refractivity contribution in [3.05, 3.63) is 80.7 Å². The van der Waals surface area contributed by atoms with Crippen molar-refractivity contribution in [2.75, 3.05) is 5.32 Å². The number of fused-ring (bicyclic) bond motifs is 1. The Morgan fingerprint density at radius 3 is 2.70 bits per heavy atom. The van der Waals surface area contributed by atoms with Gasteiger partial charge in [0.2, 0.25) is 5.91 Å². The molecule has 1 aromatic heterocycles. The van der Waals surface area contributed by atoms with E-state index in [1.807, 2.05) is 19.9 Å². The van der Waals surface area contributed by atoms with Gasteiger partial charge in [0.1, 0.15) is 17.7 Å². The Morgan fingerprint density at radius 2 is 2.00 bits per heavy atom. The lowest BCUT2D eigenvalue weighted by Gasteiger charge is -2.32. The van der Waals surface area contributed by atoms with Gasteiger partial charge in [0, 0.05) is 24.1 Å². The molecule has 0 aliphatic carbocycles. The molecule has 0 saturated heterocycles. The molecule has 2 amide bonds. The molecule has 2 atom stereocenters. The number of rotatable bonds is 3. The molecule has 2 N–H and O–H groups in total. The molecule has 3 aromatic rings. The van der Waals surface area contributed by atoms with Crippen LogP contribution in [0.15, 0.2) is 46.9 Å². The minimum Gasteiger partial charge on any atom is -0.339 e. The highest BCUT2D eigenvalue weighted by atomic mass is 79.9. The number of benzene rings is 2. The number of carbonyl (C=O) groups is 2. The van der Waals surface area contributed by atoms with E-state index in [2.05, 4.69) is 31.7 Å². The third-order valence-corrected chi connectivity index (χ3v) is 5.91. The van der Waals surface area contributed by atoms with Gasteiger partial charge in [-0.3, -0.25) is 14.3 Å². The number of carbonyl (C=O) groups excluding carboxylic acids is 2. The van der Waals surface area contributed by atoms with E-state index < -0.39 is 17.8 Å². The molecule has 2 aromatic carbocycles. The van der Waals surface area contributed by atoms with E-state index in [0.717, 1.165) is 16.8 Å². The van der Waals surface area contributed by atoms with E-state index in [-0.39, 0.29) is 16.3 Å². The number of anilines is 1. The molecule has 2 heterocycles. The van der Waals surface area contributed by atoms with Gasteiger partial charge in [-0.25, -0.2) is 4.39 Å². The first kappa shape index (κ1) is 20.3. The molecular weight excluding hydrogens is 451 g/mol. The van der Waals surface area contributed by atoms with Gasteiger partial charge in [0.05, 0.1) is 10.2 Å². The first-order chi connectivity index (χ1) is 14.3. The number of halogens is 2. The van der Waals surface area contributed by atoms with Crippen molar-refractivity contribution in [2.45, 2.75) is 25.8 Å². The number of hydrogen-bond donors (Lipinski definition) is 2. The first-order valence-electron chi connectivity index (χ1n) is 9.43. The van der Waals surface area contributed by atoms with Crippen LogP contribution in [0.1, 0.15) is 38.7 Å². The van der Waals surface area contributed by atoms with Gasteiger partial charge in [-0.15, -0.1) is 0 Å². The highest BCUT2D eigenvalue weighted by Gasteiger charge is 2.41. The molecule has 0 radical (unpaired) electrons. The normalized spacial score (nSPS) is 18.0. The van der Waals surface area contributed by atoms with E-state index in [1.165, 1.54) is 6.07 Å². The van der Waals surface area contributed by atoms with Gasteiger partial charge in [-0.1, -0.05) is 23.8 Å². The van der Waals surface area contributed by atoms with E-state index in [0.29, 0.717) is 16.9 Å². The zero-order chi connectivity index (χ0) is 21.6. The molecule has 30 heavy (non-hydrogen) atoms. The van der Waals surface area contributed by atoms with Crippen molar-refractivity contribution < 1.29 is 14.0 Å². The van der Waals surface area contributed by atoms with Gasteiger partial charge < -0.3 is 10.6 Å². The van der Waals surface area contributed by atoms with Crippen LogP contribution in [0.3, 0.4) is 0 Å². The van der Waals surface area contributed by atoms with Crippen LogP contribution in [-0.4, -0.2) is 27.6 Å². The van der Waals surface area contributed by atoms with Crippen molar-refractivity contribution in [1.82, 2.24) is 15.1 Å². The highest BCUT2D eigenvalue weighted by Crippen LogP contribution is 2.40. The summed E-state index contributed by atoms with van der Waals surface area (Å²) in [5, 5.41) is 10.2. The van der Waals surface area contributed by atoms with E-state index >= 15 is 0 Å². The number of hydrogen-bond acceptors (Lipinski definition) is 3. The Bertz CT molecular complexity index is 1170. The molecule has 4 rings (SSSR count). The van der Waals surface area contributed by atoms with Crippen LogP contribution in [0.4, 0.5) is 10.2 Å². The molecule has 6 nitrogen and oxygen atoms in total. The summed E-state index contributed by atoms with van der Waals surface area (Å²) in [5.41, 5.74) is 3.64. The van der Waals surface area contributed by atoms with Gasteiger partial charge in [0.15, 0.2) is 0 Å². The number of nitrogens with one attached hydrogen (secondary N) is 2. The fourth-order valence-corrected chi connectivity index (χ4v) is 4.33.